The first-order valence-electron chi connectivity index (χ1n) is 9.47. The van der Waals surface area contributed by atoms with Gasteiger partial charge in [0.15, 0.2) is 5.75 Å². The van der Waals surface area contributed by atoms with E-state index in [0.29, 0.717) is 26.7 Å². The lowest BCUT2D eigenvalue weighted by Crippen LogP contribution is -2.32. The number of aromatic nitrogens is 2. The molecule has 0 amide bonds. The highest BCUT2D eigenvalue weighted by Crippen LogP contribution is 2.34. The lowest BCUT2D eigenvalue weighted by atomic mass is 10.2. The summed E-state index contributed by atoms with van der Waals surface area (Å²) in [6.07, 6.45) is 1.27. The van der Waals surface area contributed by atoms with Gasteiger partial charge in [0.1, 0.15) is 6.61 Å². The van der Waals surface area contributed by atoms with Crippen LogP contribution < -0.4 is 16.0 Å². The van der Waals surface area contributed by atoms with Crippen molar-refractivity contribution in [1.82, 2.24) is 9.66 Å². The van der Waals surface area contributed by atoms with Crippen LogP contribution in [0.3, 0.4) is 0 Å². The fourth-order valence-electron chi connectivity index (χ4n) is 3.09. The minimum absolute atomic E-state index is 0.0103. The smallest absolute Gasteiger partial charge is 0.349 e. The maximum Gasteiger partial charge on any atom is 0.349 e. The molecule has 1 aromatic heterocycles. The van der Waals surface area contributed by atoms with Crippen LogP contribution in [0.1, 0.15) is 11.1 Å². The van der Waals surface area contributed by atoms with Crippen molar-refractivity contribution in [2.75, 3.05) is 0 Å². The van der Waals surface area contributed by atoms with Crippen molar-refractivity contribution < 1.29 is 9.66 Å². The average molecular weight is 485 g/mol. The summed E-state index contributed by atoms with van der Waals surface area (Å²) in [5.41, 5.74) is 0.0850. The van der Waals surface area contributed by atoms with Crippen LogP contribution in [-0.4, -0.2) is 20.8 Å². The first-order valence-corrected chi connectivity index (χ1v) is 10.2. The summed E-state index contributed by atoms with van der Waals surface area (Å²) in [6.45, 7) is 0.0103. The summed E-state index contributed by atoms with van der Waals surface area (Å²) in [4.78, 5) is 37.8. The highest BCUT2D eigenvalue weighted by Gasteiger charge is 2.12. The van der Waals surface area contributed by atoms with Gasteiger partial charge in [-0.2, -0.15) is 5.10 Å². The molecule has 0 aliphatic carbocycles. The zero-order valence-electron chi connectivity index (χ0n) is 16.7. The van der Waals surface area contributed by atoms with Gasteiger partial charge in [0.25, 0.3) is 11.2 Å². The lowest BCUT2D eigenvalue weighted by molar-refractivity contribution is -0.384. The van der Waals surface area contributed by atoms with Gasteiger partial charge in [0, 0.05) is 12.1 Å². The number of fused-ring (bicyclic) bond motifs is 1. The predicted molar refractivity (Wildman–Crippen MR) is 126 cm³/mol. The summed E-state index contributed by atoms with van der Waals surface area (Å²) in [5, 5.41) is 15.5. The number of halogens is 2. The molecule has 9 nitrogen and oxygen atoms in total. The largest absolute Gasteiger partial charge is 0.486 e. The Morgan fingerprint density at radius 3 is 2.52 bits per heavy atom. The molecule has 1 heterocycles. The van der Waals surface area contributed by atoms with Gasteiger partial charge in [0.2, 0.25) is 0 Å². The van der Waals surface area contributed by atoms with E-state index in [1.54, 1.807) is 36.4 Å². The molecule has 33 heavy (non-hydrogen) atoms. The number of hydrogen-bond acceptors (Lipinski definition) is 6. The molecule has 4 rings (SSSR count). The first-order chi connectivity index (χ1) is 15.8. The second kappa shape index (κ2) is 9.27. The topological polar surface area (TPSA) is 120 Å². The lowest BCUT2D eigenvalue weighted by Gasteiger charge is -2.11. The van der Waals surface area contributed by atoms with E-state index in [-0.39, 0.29) is 28.1 Å². The number of aromatic amines is 1. The SMILES string of the molecule is O=c1[nH]c2ccccc2c(=O)n1N=Cc1cc(Cl)c(OCc2cccc([N+](=O)[O-])c2)c(Cl)c1. The minimum Gasteiger partial charge on any atom is -0.486 e. The highest BCUT2D eigenvalue weighted by molar-refractivity contribution is 6.37. The van der Waals surface area contributed by atoms with Crippen LogP contribution in [0.15, 0.2) is 75.4 Å². The van der Waals surface area contributed by atoms with Crippen LogP contribution in [0, 0.1) is 10.1 Å². The van der Waals surface area contributed by atoms with E-state index in [9.17, 15) is 19.7 Å². The molecule has 0 saturated heterocycles. The molecular weight excluding hydrogens is 471 g/mol. The van der Waals surface area contributed by atoms with Crippen molar-refractivity contribution >= 4 is 46.0 Å². The van der Waals surface area contributed by atoms with Crippen molar-refractivity contribution in [2.45, 2.75) is 6.61 Å². The van der Waals surface area contributed by atoms with E-state index < -0.39 is 16.2 Å². The van der Waals surface area contributed by atoms with Crippen molar-refractivity contribution in [3.63, 3.8) is 0 Å². The van der Waals surface area contributed by atoms with Crippen LogP contribution >= 0.6 is 23.2 Å². The molecule has 0 unspecified atom stereocenters. The van der Waals surface area contributed by atoms with Gasteiger partial charge in [0.05, 0.1) is 32.1 Å². The molecule has 0 spiro atoms. The van der Waals surface area contributed by atoms with E-state index in [1.807, 2.05) is 0 Å². The molecule has 3 aromatic carbocycles. The van der Waals surface area contributed by atoms with E-state index >= 15 is 0 Å². The van der Waals surface area contributed by atoms with Gasteiger partial charge in [-0.05, 0) is 35.4 Å². The molecule has 11 heteroatoms. The predicted octanol–water partition coefficient (Wildman–Crippen LogP) is 4.37. The zero-order valence-corrected chi connectivity index (χ0v) is 18.2. The number of hydrogen-bond donors (Lipinski definition) is 1. The van der Waals surface area contributed by atoms with Crippen molar-refractivity contribution in [1.29, 1.82) is 0 Å². The molecular formula is C22H14Cl2N4O5. The maximum atomic E-state index is 12.6. The molecule has 4 aromatic rings. The van der Waals surface area contributed by atoms with Crippen LogP contribution in [0.5, 0.6) is 5.75 Å². The van der Waals surface area contributed by atoms with Crippen molar-refractivity contribution in [3.8, 4) is 5.75 Å². The number of ether oxygens (including phenoxy) is 1. The molecule has 0 bridgehead atoms. The van der Waals surface area contributed by atoms with Gasteiger partial charge in [-0.25, -0.2) is 4.79 Å². The van der Waals surface area contributed by atoms with E-state index in [4.69, 9.17) is 27.9 Å². The second-order valence-corrected chi connectivity index (χ2v) is 7.68. The normalized spacial score (nSPS) is 11.2. The summed E-state index contributed by atoms with van der Waals surface area (Å²) < 4.78 is 6.36. The molecule has 166 valence electrons. The Labute approximate surface area is 195 Å². The molecule has 0 saturated carbocycles. The number of benzene rings is 3. The Morgan fingerprint density at radius 1 is 1.06 bits per heavy atom. The number of nitro groups is 1. The summed E-state index contributed by atoms with van der Waals surface area (Å²) in [5.74, 6) is 0.183. The second-order valence-electron chi connectivity index (χ2n) is 6.87. The van der Waals surface area contributed by atoms with Crippen LogP contribution in [0.25, 0.3) is 10.9 Å². The highest BCUT2D eigenvalue weighted by atomic mass is 35.5. The van der Waals surface area contributed by atoms with Crippen molar-refractivity contribution in [3.05, 3.63) is 113 Å². The molecule has 0 radical (unpaired) electrons. The van der Waals surface area contributed by atoms with Gasteiger partial charge in [-0.1, -0.05) is 47.5 Å². The van der Waals surface area contributed by atoms with Crippen LogP contribution in [-0.2, 0) is 6.61 Å². The summed E-state index contributed by atoms with van der Waals surface area (Å²) >= 11 is 12.6. The quantitative estimate of drug-likeness (QED) is 0.247. The third kappa shape index (κ3) is 4.79. The zero-order chi connectivity index (χ0) is 23.5. The maximum absolute atomic E-state index is 12.6. The number of rotatable bonds is 6. The van der Waals surface area contributed by atoms with E-state index in [2.05, 4.69) is 10.1 Å². The number of H-pyrrole nitrogens is 1. The van der Waals surface area contributed by atoms with Crippen molar-refractivity contribution in [2.24, 2.45) is 5.10 Å². The van der Waals surface area contributed by atoms with E-state index in [1.165, 1.54) is 30.5 Å². The van der Waals surface area contributed by atoms with Gasteiger partial charge in [-0.3, -0.25) is 14.9 Å². The van der Waals surface area contributed by atoms with Gasteiger partial charge in [-0.15, -0.1) is 4.68 Å². The molecule has 0 fully saturated rings. The van der Waals surface area contributed by atoms with E-state index in [0.717, 1.165) is 0 Å². The number of non-ortho nitro benzene ring substituents is 1. The molecule has 1 N–H and O–H groups in total. The number of para-hydroxylation sites is 1. The number of nitrogens with zero attached hydrogens (tertiary/aromatic N) is 3. The fraction of sp³-hybridized carbons (Fsp3) is 0.0455. The Morgan fingerprint density at radius 2 is 1.79 bits per heavy atom. The van der Waals surface area contributed by atoms with Crippen LogP contribution in [0.2, 0.25) is 10.0 Å². The summed E-state index contributed by atoms with van der Waals surface area (Å²) in [7, 11) is 0. The monoisotopic (exact) mass is 484 g/mol. The molecule has 0 aliphatic rings. The Kier molecular flexibility index (Phi) is 6.25. The average Bonchev–Trinajstić information content (AvgIpc) is 2.78. The third-order valence-corrected chi connectivity index (χ3v) is 5.19. The Hall–Kier alpha value is -3.95. The Bertz CT molecular complexity index is 1500. The summed E-state index contributed by atoms with van der Waals surface area (Å²) in [6, 6.07) is 15.6. The van der Waals surface area contributed by atoms with Gasteiger partial charge < -0.3 is 9.72 Å². The van der Waals surface area contributed by atoms with Gasteiger partial charge >= 0.3 is 5.69 Å². The fourth-order valence-corrected chi connectivity index (χ4v) is 3.70. The number of nitro benzene ring substituents is 1. The molecule has 0 atom stereocenters. The Balaban J connectivity index is 1.58. The molecule has 0 aliphatic heterocycles. The standard InChI is InChI=1S/C22H14Cl2N4O5/c23-17-9-14(11-25-27-21(29)16-6-1-2-7-19(16)26-22(27)30)10-18(24)20(17)33-12-13-4-3-5-15(8-13)28(31)32/h1-11H,12H2,(H,26,30). The van der Waals surface area contributed by atoms with Crippen LogP contribution in [0.4, 0.5) is 5.69 Å². The third-order valence-electron chi connectivity index (χ3n) is 4.63. The number of nitrogens with one attached hydrogen (secondary N) is 1. The first kappa shape index (κ1) is 22.3. The minimum atomic E-state index is -0.691.